The van der Waals surface area contributed by atoms with E-state index in [9.17, 15) is 9.59 Å². The Kier molecular flexibility index (Phi) is 8.01. The molecule has 3 aromatic heterocycles. The minimum absolute atomic E-state index is 0.0631. The molecule has 6 aromatic rings. The third-order valence-electron chi connectivity index (χ3n) is 9.68. The second kappa shape index (κ2) is 12.6. The Morgan fingerprint density at radius 1 is 1.00 bits per heavy atom. The first kappa shape index (κ1) is 31.0. The van der Waals surface area contributed by atoms with Crippen molar-refractivity contribution in [3.05, 3.63) is 100 Å². The summed E-state index contributed by atoms with van der Waals surface area (Å²) in [6.07, 6.45) is 4.59. The van der Waals surface area contributed by atoms with Crippen molar-refractivity contribution in [2.24, 2.45) is 0 Å². The van der Waals surface area contributed by atoms with Gasteiger partial charge in [-0.1, -0.05) is 24.3 Å². The molecule has 1 fully saturated rings. The Balaban J connectivity index is 1.20. The van der Waals surface area contributed by atoms with Gasteiger partial charge >= 0.3 is 0 Å². The van der Waals surface area contributed by atoms with Crippen LogP contribution in [0.25, 0.3) is 38.5 Å². The van der Waals surface area contributed by atoms with Crippen LogP contribution in [-0.2, 0) is 6.42 Å². The van der Waals surface area contributed by atoms with Gasteiger partial charge in [-0.2, -0.15) is 0 Å². The van der Waals surface area contributed by atoms with E-state index < -0.39 is 17.2 Å². The van der Waals surface area contributed by atoms with Gasteiger partial charge < -0.3 is 33.7 Å². The molecule has 2 aliphatic rings. The zero-order valence-corrected chi connectivity index (χ0v) is 27.5. The molecule has 1 saturated heterocycles. The number of likely N-dealkylation sites (N-methyl/N-ethyl adjacent to an activating group) is 2. The van der Waals surface area contributed by atoms with E-state index >= 15 is 4.39 Å². The Morgan fingerprint density at radius 3 is 2.63 bits per heavy atom. The molecule has 3 aromatic carbocycles. The number of carbonyl (C=O) groups excluding carboxylic acids is 1. The first-order valence-electron chi connectivity index (χ1n) is 16.7. The molecule has 0 bridgehead atoms. The Labute approximate surface area is 282 Å². The number of anilines is 1. The summed E-state index contributed by atoms with van der Waals surface area (Å²) in [6, 6.07) is 18.3. The van der Waals surface area contributed by atoms with E-state index in [1.807, 2.05) is 54.6 Å². The highest BCUT2D eigenvalue weighted by Gasteiger charge is 2.30. The molecule has 11 heteroatoms. The predicted molar refractivity (Wildman–Crippen MR) is 189 cm³/mol. The Bertz CT molecular complexity index is 2280. The minimum atomic E-state index is -0.614. The highest BCUT2D eigenvalue weighted by atomic mass is 19.1. The molecule has 1 amide bonds. The average Bonchev–Trinajstić information content (AvgIpc) is 3.48. The number of aromatic nitrogens is 2. The summed E-state index contributed by atoms with van der Waals surface area (Å²) in [5.41, 5.74) is 2.74. The minimum Gasteiger partial charge on any atom is -0.456 e. The second-order valence-electron chi connectivity index (χ2n) is 12.9. The number of hydrogen-bond donors (Lipinski definition) is 1. The summed E-state index contributed by atoms with van der Waals surface area (Å²) in [5, 5.41) is 5.12. The highest BCUT2D eigenvalue weighted by molar-refractivity contribution is 6.07. The van der Waals surface area contributed by atoms with Gasteiger partial charge in [0.1, 0.15) is 27.9 Å². The molecule has 250 valence electrons. The molecule has 0 unspecified atom stereocenters. The van der Waals surface area contributed by atoms with Crippen LogP contribution >= 0.6 is 0 Å². The van der Waals surface area contributed by atoms with Gasteiger partial charge in [-0.15, -0.1) is 0 Å². The summed E-state index contributed by atoms with van der Waals surface area (Å²) in [7, 11) is 3.78. The highest BCUT2D eigenvalue weighted by Crippen LogP contribution is 2.47. The molecule has 0 radical (unpaired) electrons. The zero-order valence-electron chi connectivity index (χ0n) is 27.5. The van der Waals surface area contributed by atoms with Gasteiger partial charge in [-0.05, 0) is 50.3 Å². The van der Waals surface area contributed by atoms with Gasteiger partial charge in [-0.3, -0.25) is 14.6 Å². The Hall–Kier alpha value is -5.26. The second-order valence-corrected chi connectivity index (χ2v) is 12.9. The maximum atomic E-state index is 16.1. The molecule has 0 aliphatic carbocycles. The number of rotatable bonds is 9. The first-order valence-corrected chi connectivity index (χ1v) is 16.7. The van der Waals surface area contributed by atoms with Crippen molar-refractivity contribution in [1.29, 1.82) is 0 Å². The monoisotopic (exact) mass is 660 g/mol. The average molecular weight is 661 g/mol. The number of nitrogens with zero attached hydrogens (tertiary/aromatic N) is 5. The van der Waals surface area contributed by atoms with Crippen LogP contribution in [0.1, 0.15) is 22.5 Å². The standard InChI is InChI=1S/C38H37FN6O4/c1-42-16-18-44(19-17-42)14-7-13-41-34-29(39)20-27-35-37(34)49-33-21-26-25-9-3-4-10-31(25)48-32(26)22-30(33)45(35)23-28(36(27)46)38(47)43(2)15-11-24-8-5-6-12-40-24/h3-6,8-10,12,20-23,41H,7,11,13-19H2,1-2H3. The maximum absolute atomic E-state index is 16.1. The van der Waals surface area contributed by atoms with E-state index in [0.29, 0.717) is 42.0 Å². The largest absolute Gasteiger partial charge is 0.456 e. The van der Waals surface area contributed by atoms with Crippen LogP contribution in [0.5, 0.6) is 11.5 Å². The number of hydrogen-bond acceptors (Lipinski definition) is 8. The maximum Gasteiger partial charge on any atom is 0.259 e. The fourth-order valence-electron chi connectivity index (χ4n) is 6.88. The topological polar surface area (TPSA) is 96.1 Å². The first-order chi connectivity index (χ1) is 23.9. The van der Waals surface area contributed by atoms with E-state index in [4.69, 9.17) is 9.15 Å². The van der Waals surface area contributed by atoms with E-state index in [0.717, 1.165) is 61.2 Å². The van der Waals surface area contributed by atoms with Crippen LogP contribution in [-0.4, -0.2) is 90.1 Å². The SMILES string of the molecule is CN1CCN(CCCNc2c(F)cc3c(=O)c(C(=O)N(C)CCc4ccccn4)cn4c3c2Oc2cc3c(cc2-4)oc2ccccc23)CC1. The van der Waals surface area contributed by atoms with Crippen LogP contribution in [0.4, 0.5) is 10.1 Å². The summed E-state index contributed by atoms with van der Waals surface area (Å²) in [4.78, 5) is 38.4. The van der Waals surface area contributed by atoms with Crippen molar-refractivity contribution in [3.8, 4) is 17.2 Å². The molecule has 5 heterocycles. The van der Waals surface area contributed by atoms with Crippen LogP contribution in [0.2, 0.25) is 0 Å². The predicted octanol–water partition coefficient (Wildman–Crippen LogP) is 5.89. The number of fused-ring (bicyclic) bond motifs is 5. The molecule has 8 rings (SSSR count). The van der Waals surface area contributed by atoms with Gasteiger partial charge in [-0.25, -0.2) is 4.39 Å². The van der Waals surface area contributed by atoms with Gasteiger partial charge in [0, 0.05) is 87.7 Å². The summed E-state index contributed by atoms with van der Waals surface area (Å²) >= 11 is 0. The third kappa shape index (κ3) is 5.68. The Morgan fingerprint density at radius 2 is 1.82 bits per heavy atom. The number of para-hydroxylation sites is 1. The lowest BCUT2D eigenvalue weighted by Crippen LogP contribution is -2.44. The quantitative estimate of drug-likeness (QED) is 0.192. The molecule has 0 saturated carbocycles. The lowest BCUT2D eigenvalue weighted by atomic mass is 10.0. The number of amides is 1. The van der Waals surface area contributed by atoms with E-state index in [-0.39, 0.29) is 22.4 Å². The summed E-state index contributed by atoms with van der Waals surface area (Å²) in [6.45, 7) is 5.85. The molecular formula is C38H37FN6O4. The lowest BCUT2D eigenvalue weighted by Gasteiger charge is -2.32. The van der Waals surface area contributed by atoms with E-state index in [1.165, 1.54) is 11.0 Å². The molecule has 49 heavy (non-hydrogen) atoms. The molecule has 1 N–H and O–H groups in total. The number of piperazine rings is 1. The smallest absolute Gasteiger partial charge is 0.259 e. The number of ether oxygens (including phenoxy) is 1. The van der Waals surface area contributed by atoms with Crippen LogP contribution in [0.3, 0.4) is 0 Å². The summed E-state index contributed by atoms with van der Waals surface area (Å²) < 4.78 is 30.6. The van der Waals surface area contributed by atoms with Crippen molar-refractivity contribution >= 4 is 44.4 Å². The molecule has 2 aliphatic heterocycles. The number of furan rings is 1. The van der Waals surface area contributed by atoms with Gasteiger partial charge in [0.15, 0.2) is 17.3 Å². The third-order valence-corrected chi connectivity index (χ3v) is 9.68. The number of pyridine rings is 2. The fraction of sp³-hybridized carbons (Fsp3) is 0.289. The normalized spacial score (nSPS) is 14.7. The van der Waals surface area contributed by atoms with E-state index in [1.54, 1.807) is 24.0 Å². The van der Waals surface area contributed by atoms with Crippen molar-refractivity contribution in [1.82, 2.24) is 24.3 Å². The number of nitrogens with one attached hydrogen (secondary N) is 1. The number of benzene rings is 3. The number of halogens is 1. The molecular weight excluding hydrogens is 623 g/mol. The summed E-state index contributed by atoms with van der Waals surface area (Å²) in [5.74, 6) is -0.395. The van der Waals surface area contributed by atoms with Gasteiger partial charge in [0.25, 0.3) is 5.91 Å². The fourth-order valence-corrected chi connectivity index (χ4v) is 6.88. The molecule has 0 atom stereocenters. The molecule has 0 spiro atoms. The lowest BCUT2D eigenvalue weighted by molar-refractivity contribution is 0.0794. The zero-order chi connectivity index (χ0) is 33.6. The van der Waals surface area contributed by atoms with Crippen molar-refractivity contribution < 1.29 is 18.3 Å². The number of carbonyl (C=O) groups is 1. The van der Waals surface area contributed by atoms with Gasteiger partial charge in [0.05, 0.1) is 11.1 Å². The van der Waals surface area contributed by atoms with Crippen LogP contribution in [0.15, 0.2) is 82.3 Å². The molecule has 10 nitrogen and oxygen atoms in total. The van der Waals surface area contributed by atoms with Crippen LogP contribution in [0, 0.1) is 5.82 Å². The van der Waals surface area contributed by atoms with Gasteiger partial charge in [0.2, 0.25) is 5.43 Å². The van der Waals surface area contributed by atoms with Crippen LogP contribution < -0.4 is 15.5 Å². The van der Waals surface area contributed by atoms with Crippen molar-refractivity contribution in [2.75, 3.05) is 65.2 Å². The van der Waals surface area contributed by atoms with Crippen molar-refractivity contribution in [2.45, 2.75) is 12.8 Å². The van der Waals surface area contributed by atoms with E-state index in [2.05, 4.69) is 27.1 Å². The van der Waals surface area contributed by atoms with Crippen molar-refractivity contribution in [3.63, 3.8) is 0 Å².